The maximum atomic E-state index is 11.7. The second kappa shape index (κ2) is 6.93. The summed E-state index contributed by atoms with van der Waals surface area (Å²) in [4.78, 5) is 13.8. The molecule has 1 rings (SSSR count). The van der Waals surface area contributed by atoms with Crippen molar-refractivity contribution in [3.05, 3.63) is 0 Å². The number of carbonyl (C=O) groups is 1. The van der Waals surface area contributed by atoms with Gasteiger partial charge in [0.2, 0.25) is 0 Å². The van der Waals surface area contributed by atoms with Gasteiger partial charge in [0.25, 0.3) is 0 Å². The number of carbonyl (C=O) groups excluding carboxylic acids is 1. The third-order valence-corrected chi connectivity index (χ3v) is 2.70. The first-order valence-electron chi connectivity index (χ1n) is 5.52. The molecule has 0 radical (unpaired) electrons. The van der Waals surface area contributed by atoms with Crippen LogP contribution in [0.2, 0.25) is 0 Å². The lowest BCUT2D eigenvalue weighted by Crippen LogP contribution is -2.31. The van der Waals surface area contributed by atoms with Gasteiger partial charge in [0.1, 0.15) is 0 Å². The zero-order chi connectivity index (χ0) is 11.1. The molecule has 1 aliphatic rings. The Balaban J connectivity index is 2.13. The van der Waals surface area contributed by atoms with Gasteiger partial charge in [0, 0.05) is 32.8 Å². The van der Waals surface area contributed by atoms with Gasteiger partial charge in [-0.25, -0.2) is 0 Å². The average Bonchev–Trinajstić information content (AvgIpc) is 2.70. The minimum Gasteiger partial charge on any atom is -0.385 e. The summed E-state index contributed by atoms with van der Waals surface area (Å²) in [6.45, 7) is 3.56. The van der Waals surface area contributed by atoms with Crippen LogP contribution in [0.15, 0.2) is 0 Å². The molecule has 0 bridgehead atoms. The van der Waals surface area contributed by atoms with E-state index in [2.05, 4.69) is 4.90 Å². The zero-order valence-electron chi connectivity index (χ0n) is 9.70. The van der Waals surface area contributed by atoms with Crippen molar-refractivity contribution >= 4 is 5.78 Å². The van der Waals surface area contributed by atoms with Gasteiger partial charge < -0.3 is 9.47 Å². The van der Waals surface area contributed by atoms with Crippen LogP contribution in [0.3, 0.4) is 0 Å². The second-order valence-corrected chi connectivity index (χ2v) is 4.11. The third kappa shape index (κ3) is 4.73. The van der Waals surface area contributed by atoms with Crippen molar-refractivity contribution in [1.29, 1.82) is 0 Å². The Labute approximate surface area is 91.5 Å². The van der Waals surface area contributed by atoms with Gasteiger partial charge in [0.15, 0.2) is 5.78 Å². The van der Waals surface area contributed by atoms with Gasteiger partial charge in [-0.15, -0.1) is 0 Å². The van der Waals surface area contributed by atoms with Gasteiger partial charge in [-0.2, -0.15) is 0 Å². The van der Waals surface area contributed by atoms with E-state index in [0.29, 0.717) is 18.9 Å². The molecule has 1 fully saturated rings. The molecule has 0 aromatic rings. The Hall–Kier alpha value is -0.450. The first-order chi connectivity index (χ1) is 7.24. The number of ether oxygens (including phenoxy) is 2. The standard InChI is InChI=1S/C11H21NO3/c1-12(5-3-6-14-2)8-11(13)10-4-7-15-9-10/h10H,3-9H2,1-2H3. The Bertz CT molecular complexity index is 190. The second-order valence-electron chi connectivity index (χ2n) is 4.11. The quantitative estimate of drug-likeness (QED) is 0.582. The predicted octanol–water partition coefficient (Wildman–Crippen LogP) is 0.560. The minimum atomic E-state index is 0.134. The van der Waals surface area contributed by atoms with Crippen molar-refractivity contribution in [1.82, 2.24) is 4.90 Å². The van der Waals surface area contributed by atoms with E-state index in [9.17, 15) is 4.79 Å². The van der Waals surface area contributed by atoms with Crippen LogP contribution in [0.4, 0.5) is 0 Å². The van der Waals surface area contributed by atoms with Crippen LogP contribution in [0, 0.1) is 5.92 Å². The molecular weight excluding hydrogens is 194 g/mol. The summed E-state index contributed by atoms with van der Waals surface area (Å²) in [6, 6.07) is 0. The molecule has 1 atom stereocenters. The molecule has 4 heteroatoms. The highest BCUT2D eigenvalue weighted by Gasteiger charge is 2.23. The van der Waals surface area contributed by atoms with Crippen LogP contribution in [-0.4, -0.2) is 57.8 Å². The largest absolute Gasteiger partial charge is 0.385 e. The lowest BCUT2D eigenvalue weighted by Gasteiger charge is -2.17. The number of hydrogen-bond acceptors (Lipinski definition) is 4. The summed E-state index contributed by atoms with van der Waals surface area (Å²) in [6.07, 6.45) is 1.87. The van der Waals surface area contributed by atoms with Crippen molar-refractivity contribution in [3.8, 4) is 0 Å². The molecule has 0 amide bonds. The van der Waals surface area contributed by atoms with Crippen LogP contribution in [0.1, 0.15) is 12.8 Å². The van der Waals surface area contributed by atoms with Crippen LogP contribution in [-0.2, 0) is 14.3 Å². The molecule has 0 aromatic carbocycles. The Morgan fingerprint density at radius 2 is 2.40 bits per heavy atom. The smallest absolute Gasteiger partial charge is 0.152 e. The topological polar surface area (TPSA) is 38.8 Å². The summed E-state index contributed by atoms with van der Waals surface area (Å²) in [5, 5.41) is 0. The van der Waals surface area contributed by atoms with E-state index in [-0.39, 0.29) is 5.92 Å². The molecule has 0 saturated carbocycles. The SMILES string of the molecule is COCCCN(C)CC(=O)C1CCOC1. The summed E-state index contributed by atoms with van der Waals surface area (Å²) in [7, 11) is 3.67. The third-order valence-electron chi connectivity index (χ3n) is 2.70. The molecule has 88 valence electrons. The molecule has 1 saturated heterocycles. The molecule has 1 heterocycles. The highest BCUT2D eigenvalue weighted by atomic mass is 16.5. The van der Waals surface area contributed by atoms with E-state index in [1.165, 1.54) is 0 Å². The normalized spacial score (nSPS) is 21.1. The maximum absolute atomic E-state index is 11.7. The summed E-state index contributed by atoms with van der Waals surface area (Å²) in [5.74, 6) is 0.447. The molecule has 0 spiro atoms. The van der Waals surface area contributed by atoms with Crippen LogP contribution in [0.25, 0.3) is 0 Å². The van der Waals surface area contributed by atoms with E-state index in [0.717, 1.165) is 32.6 Å². The van der Waals surface area contributed by atoms with Gasteiger partial charge in [-0.3, -0.25) is 9.69 Å². The minimum absolute atomic E-state index is 0.134. The van der Waals surface area contributed by atoms with E-state index in [1.807, 2.05) is 7.05 Å². The fourth-order valence-electron chi connectivity index (χ4n) is 1.74. The number of hydrogen-bond donors (Lipinski definition) is 0. The van der Waals surface area contributed by atoms with E-state index in [1.54, 1.807) is 7.11 Å². The average molecular weight is 215 g/mol. The predicted molar refractivity (Wildman–Crippen MR) is 57.9 cm³/mol. The lowest BCUT2D eigenvalue weighted by atomic mass is 10.0. The molecule has 15 heavy (non-hydrogen) atoms. The molecule has 1 unspecified atom stereocenters. The summed E-state index contributed by atoms with van der Waals surface area (Å²) < 4.78 is 10.2. The zero-order valence-corrected chi connectivity index (χ0v) is 9.70. The van der Waals surface area contributed by atoms with Crippen molar-refractivity contribution in [2.24, 2.45) is 5.92 Å². The highest BCUT2D eigenvalue weighted by molar-refractivity contribution is 5.83. The summed E-state index contributed by atoms with van der Waals surface area (Å²) in [5.41, 5.74) is 0. The van der Waals surface area contributed by atoms with Gasteiger partial charge in [-0.05, 0) is 19.9 Å². The van der Waals surface area contributed by atoms with E-state index >= 15 is 0 Å². The van der Waals surface area contributed by atoms with Crippen molar-refractivity contribution < 1.29 is 14.3 Å². The monoisotopic (exact) mass is 215 g/mol. The van der Waals surface area contributed by atoms with Crippen molar-refractivity contribution in [3.63, 3.8) is 0 Å². The number of likely N-dealkylation sites (N-methyl/N-ethyl adjacent to an activating group) is 1. The first kappa shape index (κ1) is 12.6. The van der Waals surface area contributed by atoms with Crippen molar-refractivity contribution in [2.75, 3.05) is 47.1 Å². The van der Waals surface area contributed by atoms with Crippen molar-refractivity contribution in [2.45, 2.75) is 12.8 Å². The van der Waals surface area contributed by atoms with Gasteiger partial charge >= 0.3 is 0 Å². The number of nitrogens with zero attached hydrogens (tertiary/aromatic N) is 1. The van der Waals surface area contributed by atoms with Crippen LogP contribution in [0.5, 0.6) is 0 Å². The van der Waals surface area contributed by atoms with Crippen LogP contribution < -0.4 is 0 Å². The van der Waals surface area contributed by atoms with Gasteiger partial charge in [-0.1, -0.05) is 0 Å². The maximum Gasteiger partial charge on any atom is 0.152 e. The van der Waals surface area contributed by atoms with E-state index < -0.39 is 0 Å². The van der Waals surface area contributed by atoms with Crippen LogP contribution >= 0.6 is 0 Å². The molecule has 0 N–H and O–H groups in total. The number of methoxy groups -OCH3 is 1. The molecule has 0 aliphatic carbocycles. The fraction of sp³-hybridized carbons (Fsp3) is 0.909. The Kier molecular flexibility index (Phi) is 5.83. The number of Topliss-reactive ketones (excluding diaryl/α,β-unsaturated/α-hetero) is 1. The molecular formula is C11H21NO3. The summed E-state index contributed by atoms with van der Waals surface area (Å²) >= 11 is 0. The lowest BCUT2D eigenvalue weighted by molar-refractivity contribution is -0.123. The highest BCUT2D eigenvalue weighted by Crippen LogP contribution is 2.13. The Morgan fingerprint density at radius 3 is 3.00 bits per heavy atom. The molecule has 0 aromatic heterocycles. The Morgan fingerprint density at radius 1 is 1.60 bits per heavy atom. The van der Waals surface area contributed by atoms with E-state index in [4.69, 9.17) is 9.47 Å². The number of rotatable bonds is 7. The molecule has 1 aliphatic heterocycles. The number of ketones is 1. The van der Waals surface area contributed by atoms with Gasteiger partial charge in [0.05, 0.1) is 13.2 Å². The fourth-order valence-corrected chi connectivity index (χ4v) is 1.74. The molecule has 4 nitrogen and oxygen atoms in total. The first-order valence-corrected chi connectivity index (χ1v) is 5.52.